The fourth-order valence-corrected chi connectivity index (χ4v) is 7.27. The molecule has 2 heterocycles. The van der Waals surface area contributed by atoms with Gasteiger partial charge in [-0.15, -0.1) is 5.48 Å². The molecule has 1 aliphatic heterocycles. The third kappa shape index (κ3) is 11.2. The van der Waals surface area contributed by atoms with Crippen molar-refractivity contribution in [2.45, 2.75) is 135 Å². The Morgan fingerprint density at radius 1 is 1.00 bits per heavy atom. The molecule has 1 aromatic carbocycles. The minimum atomic E-state index is -1.18. The molecule has 0 radical (unpaired) electrons. The summed E-state index contributed by atoms with van der Waals surface area (Å²) in [7, 11) is 0. The molecule has 2 aliphatic carbocycles. The van der Waals surface area contributed by atoms with Crippen molar-refractivity contribution >= 4 is 47.0 Å². The maximum Gasteiger partial charge on any atom is 0.347 e. The van der Waals surface area contributed by atoms with E-state index in [0.717, 1.165) is 37.7 Å². The van der Waals surface area contributed by atoms with E-state index in [0.29, 0.717) is 30.0 Å². The molecule has 4 N–H and O–H groups in total. The van der Waals surface area contributed by atoms with E-state index >= 15 is 0 Å². The van der Waals surface area contributed by atoms with Crippen molar-refractivity contribution in [1.82, 2.24) is 36.3 Å². The molecule has 1 aromatic heterocycles. The van der Waals surface area contributed by atoms with Crippen LogP contribution in [0.1, 0.15) is 108 Å². The summed E-state index contributed by atoms with van der Waals surface area (Å²) in [5.74, 6) is -3.69. The van der Waals surface area contributed by atoms with E-state index in [1.165, 1.54) is 23.5 Å². The predicted molar refractivity (Wildman–Crippen MR) is 206 cm³/mol. The first kappa shape index (κ1) is 42.5. The van der Waals surface area contributed by atoms with Gasteiger partial charge in [-0.2, -0.15) is 0 Å². The van der Waals surface area contributed by atoms with E-state index in [2.05, 4.69) is 31.4 Å². The van der Waals surface area contributed by atoms with E-state index in [1.54, 1.807) is 39.0 Å². The lowest BCUT2D eigenvalue weighted by atomic mass is 9.82. The highest BCUT2D eigenvalue weighted by Crippen LogP contribution is 2.31. The topological polar surface area (TPSA) is 198 Å². The molecule has 56 heavy (non-hydrogen) atoms. The second kappa shape index (κ2) is 19.0. The SMILES string of the molecule is CCC[C@@H](NOC(=O)[C@@H]1C[C@@H](Oc2ccc(Cl)c(C)c2)CN1C(=O)[C@@H](NC(=O)C(NC(=O)c1cnccn1)C1CCCCC1)C(C)(C)C)C(=O)C(=O)NC1CC1. The Labute approximate surface area is 332 Å². The summed E-state index contributed by atoms with van der Waals surface area (Å²) in [6.45, 7) is 9.03. The summed E-state index contributed by atoms with van der Waals surface area (Å²) in [4.78, 5) is 96.6. The van der Waals surface area contributed by atoms with Crippen molar-refractivity contribution in [3.8, 4) is 5.75 Å². The zero-order valence-corrected chi connectivity index (χ0v) is 33.5. The smallest absolute Gasteiger partial charge is 0.347 e. The summed E-state index contributed by atoms with van der Waals surface area (Å²) in [6, 6.07) is 0.747. The van der Waals surface area contributed by atoms with Crippen molar-refractivity contribution in [3.05, 3.63) is 53.1 Å². The van der Waals surface area contributed by atoms with Gasteiger partial charge in [-0.1, -0.05) is 65.0 Å². The van der Waals surface area contributed by atoms with Crippen LogP contribution in [-0.2, 0) is 28.8 Å². The van der Waals surface area contributed by atoms with Crippen molar-refractivity contribution in [2.24, 2.45) is 11.3 Å². The number of hydrogen-bond donors (Lipinski definition) is 4. The molecular formula is C40H54ClN7O8. The van der Waals surface area contributed by atoms with Crippen LogP contribution in [0, 0.1) is 18.3 Å². The highest BCUT2D eigenvalue weighted by Gasteiger charge is 2.48. The second-order valence-electron chi connectivity index (χ2n) is 16.1. The standard InChI is InChI=1S/C40H54ClN7O8/c1-6-10-29(33(49)37(52)44-25-13-14-25)47-56-39(54)31-20-27(55-26-15-16-28(41)23(2)19-26)22-48(31)38(53)34(40(3,4)5)46-36(51)32(24-11-8-7-9-12-24)45-35(50)30-21-42-17-18-43-30/h15-19,21,24-25,27,29,31-32,34,47H,6-14,20,22H2,1-5H3,(H,44,52)(H,45,50)(H,46,51)/t27-,29-,31+,32?,34-/m1/s1. The Morgan fingerprint density at radius 2 is 1.73 bits per heavy atom. The molecule has 2 aromatic rings. The van der Waals surface area contributed by atoms with Crippen LogP contribution >= 0.6 is 11.6 Å². The van der Waals surface area contributed by atoms with Gasteiger partial charge < -0.3 is 30.4 Å². The molecule has 3 fully saturated rings. The molecule has 1 saturated heterocycles. The molecule has 5 atom stereocenters. The van der Waals surface area contributed by atoms with Gasteiger partial charge in [0.1, 0.15) is 41.7 Å². The summed E-state index contributed by atoms with van der Waals surface area (Å²) >= 11 is 6.24. The van der Waals surface area contributed by atoms with Gasteiger partial charge in [0.2, 0.25) is 17.6 Å². The fraction of sp³-hybridized carbons (Fsp3) is 0.600. The largest absolute Gasteiger partial charge is 0.488 e. The first-order valence-electron chi connectivity index (χ1n) is 19.6. The number of ether oxygens (including phenoxy) is 1. The molecule has 0 spiro atoms. The lowest BCUT2D eigenvalue weighted by molar-refractivity contribution is -0.164. The Morgan fingerprint density at radius 3 is 2.36 bits per heavy atom. The van der Waals surface area contributed by atoms with E-state index < -0.39 is 71.1 Å². The second-order valence-corrected chi connectivity index (χ2v) is 16.5. The summed E-state index contributed by atoms with van der Waals surface area (Å²) in [5, 5.41) is 9.03. The number of Topliss-reactive ketones (excluding diaryl/α,β-unsaturated/α-hetero) is 1. The number of hydrogen-bond acceptors (Lipinski definition) is 11. The van der Waals surface area contributed by atoms with Crippen molar-refractivity contribution < 1.29 is 38.3 Å². The number of benzene rings is 1. The lowest BCUT2D eigenvalue weighted by Gasteiger charge is -2.37. The third-order valence-electron chi connectivity index (χ3n) is 10.5. The summed E-state index contributed by atoms with van der Waals surface area (Å²) in [5.41, 5.74) is 2.50. The number of rotatable bonds is 16. The molecule has 4 amide bonds. The van der Waals surface area contributed by atoms with Crippen molar-refractivity contribution in [2.75, 3.05) is 6.54 Å². The van der Waals surface area contributed by atoms with Crippen molar-refractivity contribution in [1.29, 1.82) is 0 Å². The number of carbonyl (C=O) groups excluding carboxylic acids is 6. The van der Waals surface area contributed by atoms with Crippen LogP contribution in [0.5, 0.6) is 5.75 Å². The number of ketones is 1. The van der Waals surface area contributed by atoms with Crippen LogP contribution in [0.2, 0.25) is 5.02 Å². The minimum Gasteiger partial charge on any atom is -0.488 e. The first-order valence-corrected chi connectivity index (χ1v) is 20.0. The Balaban J connectivity index is 1.37. The maximum absolute atomic E-state index is 14.7. The normalized spacial score (nSPS) is 20.3. The zero-order chi connectivity index (χ0) is 40.6. The van der Waals surface area contributed by atoms with E-state index in [-0.39, 0.29) is 37.0 Å². The van der Waals surface area contributed by atoms with Crippen LogP contribution in [-0.4, -0.2) is 93.1 Å². The number of nitrogens with one attached hydrogen (secondary N) is 4. The molecule has 1 unspecified atom stereocenters. The molecule has 2 saturated carbocycles. The third-order valence-corrected chi connectivity index (χ3v) is 10.9. The van der Waals surface area contributed by atoms with E-state index in [9.17, 15) is 28.8 Å². The minimum absolute atomic E-state index is 0.0284. The Kier molecular flexibility index (Phi) is 14.4. The first-order chi connectivity index (χ1) is 26.7. The van der Waals surface area contributed by atoms with Gasteiger partial charge in [0.15, 0.2) is 0 Å². The Bertz CT molecular complexity index is 1750. The van der Waals surface area contributed by atoms with Crippen LogP contribution in [0.25, 0.3) is 0 Å². The van der Waals surface area contributed by atoms with Gasteiger partial charge in [-0.25, -0.2) is 9.78 Å². The number of hydroxylamine groups is 1. The fourth-order valence-electron chi connectivity index (χ4n) is 7.15. The predicted octanol–water partition coefficient (Wildman–Crippen LogP) is 3.76. The molecule has 15 nitrogen and oxygen atoms in total. The van der Waals surface area contributed by atoms with Gasteiger partial charge in [0.05, 0.1) is 12.7 Å². The van der Waals surface area contributed by atoms with Gasteiger partial charge in [0, 0.05) is 29.9 Å². The highest BCUT2D eigenvalue weighted by atomic mass is 35.5. The molecule has 304 valence electrons. The molecular weight excluding hydrogens is 742 g/mol. The van der Waals surface area contributed by atoms with E-state index in [1.807, 2.05) is 13.8 Å². The number of amides is 4. The lowest BCUT2D eigenvalue weighted by Crippen LogP contribution is -2.61. The maximum atomic E-state index is 14.7. The average Bonchev–Trinajstić information content (AvgIpc) is 3.90. The van der Waals surface area contributed by atoms with Crippen LogP contribution in [0.4, 0.5) is 0 Å². The van der Waals surface area contributed by atoms with E-state index in [4.69, 9.17) is 21.2 Å². The Hall–Kier alpha value is -4.63. The van der Waals surface area contributed by atoms with Crippen LogP contribution < -0.4 is 26.2 Å². The quantitative estimate of drug-likeness (QED) is 0.143. The van der Waals surface area contributed by atoms with Gasteiger partial charge >= 0.3 is 5.97 Å². The van der Waals surface area contributed by atoms with Gasteiger partial charge in [-0.3, -0.25) is 29.0 Å². The zero-order valence-electron chi connectivity index (χ0n) is 32.8. The number of halogens is 1. The number of nitrogens with zero attached hydrogens (tertiary/aromatic N) is 3. The number of aromatic nitrogens is 2. The molecule has 5 rings (SSSR count). The van der Waals surface area contributed by atoms with Gasteiger partial charge in [0.25, 0.3) is 11.8 Å². The number of aryl methyl sites for hydroxylation is 1. The number of carbonyl (C=O) groups is 6. The monoisotopic (exact) mass is 795 g/mol. The van der Waals surface area contributed by atoms with Crippen LogP contribution in [0.15, 0.2) is 36.8 Å². The molecule has 16 heteroatoms. The summed E-state index contributed by atoms with van der Waals surface area (Å²) < 4.78 is 6.26. The van der Waals surface area contributed by atoms with Gasteiger partial charge in [-0.05, 0) is 74.1 Å². The molecule has 3 aliphatic rings. The average molecular weight is 796 g/mol. The summed E-state index contributed by atoms with van der Waals surface area (Å²) in [6.07, 6.45) is 10.1. The van der Waals surface area contributed by atoms with Crippen molar-refractivity contribution in [3.63, 3.8) is 0 Å². The van der Waals surface area contributed by atoms with Crippen LogP contribution in [0.3, 0.4) is 0 Å². The number of likely N-dealkylation sites (tertiary alicyclic amines) is 1. The molecule has 0 bridgehead atoms. The highest BCUT2D eigenvalue weighted by molar-refractivity contribution is 6.38.